The lowest BCUT2D eigenvalue weighted by atomic mass is 9.95. The summed E-state index contributed by atoms with van der Waals surface area (Å²) in [5.41, 5.74) is 2.11. The predicted octanol–water partition coefficient (Wildman–Crippen LogP) is 2.80. The third kappa shape index (κ3) is 3.55. The minimum absolute atomic E-state index is 0.0461. The first-order valence-corrected chi connectivity index (χ1v) is 10.2. The van der Waals surface area contributed by atoms with Crippen LogP contribution in [0.1, 0.15) is 16.5 Å². The lowest BCUT2D eigenvalue weighted by Gasteiger charge is -2.31. The van der Waals surface area contributed by atoms with Crippen molar-refractivity contribution in [3.8, 4) is 11.5 Å². The van der Waals surface area contributed by atoms with Crippen molar-refractivity contribution in [3.05, 3.63) is 57.4 Å². The Labute approximate surface area is 173 Å². The van der Waals surface area contributed by atoms with Gasteiger partial charge >= 0.3 is 6.03 Å². The number of likely N-dealkylation sites (N-methyl/N-ethyl adjacent to an activating group) is 1. The van der Waals surface area contributed by atoms with E-state index >= 15 is 0 Å². The summed E-state index contributed by atoms with van der Waals surface area (Å²) in [7, 11) is 4.84. The summed E-state index contributed by atoms with van der Waals surface area (Å²) in [4.78, 5) is 30.4. The number of rotatable bonds is 6. The van der Waals surface area contributed by atoms with Crippen molar-refractivity contribution in [2.75, 3.05) is 34.4 Å². The van der Waals surface area contributed by atoms with Gasteiger partial charge in [-0.2, -0.15) is 0 Å². The second-order valence-electron chi connectivity index (χ2n) is 7.00. The van der Waals surface area contributed by atoms with E-state index in [4.69, 9.17) is 9.47 Å². The Morgan fingerprint density at radius 1 is 1.17 bits per heavy atom. The SMILES string of the molecule is COc1cc(OC)cc([C@@H]2NC(=O)N(C)C3=C2C(=O)N(CCc2cccs2)C3)c1. The third-order valence-electron chi connectivity index (χ3n) is 5.35. The van der Waals surface area contributed by atoms with Gasteiger partial charge in [0.1, 0.15) is 11.5 Å². The van der Waals surface area contributed by atoms with Crippen LogP contribution in [-0.2, 0) is 11.2 Å². The van der Waals surface area contributed by atoms with Crippen LogP contribution in [0.2, 0.25) is 0 Å². The van der Waals surface area contributed by atoms with Crippen LogP contribution in [0.3, 0.4) is 0 Å². The number of amides is 3. The van der Waals surface area contributed by atoms with Gasteiger partial charge in [-0.25, -0.2) is 4.79 Å². The molecule has 0 unspecified atom stereocenters. The molecule has 0 bridgehead atoms. The highest BCUT2D eigenvalue weighted by molar-refractivity contribution is 7.09. The Morgan fingerprint density at radius 3 is 2.52 bits per heavy atom. The topological polar surface area (TPSA) is 71.1 Å². The minimum Gasteiger partial charge on any atom is -0.497 e. The highest BCUT2D eigenvalue weighted by Gasteiger charge is 2.42. The standard InChI is InChI=1S/C21H23N3O4S/c1-23-17-12-24(7-6-16-5-4-8-29-16)20(25)18(17)19(22-21(23)26)13-9-14(27-2)11-15(10-13)28-3/h4-5,8-11,19H,6-7,12H2,1-3H3,(H,22,26)/t19-/m0/s1. The molecule has 2 aliphatic heterocycles. The Morgan fingerprint density at radius 2 is 1.90 bits per heavy atom. The van der Waals surface area contributed by atoms with Crippen LogP contribution in [-0.4, -0.2) is 56.1 Å². The molecule has 7 nitrogen and oxygen atoms in total. The molecule has 29 heavy (non-hydrogen) atoms. The molecular weight excluding hydrogens is 390 g/mol. The molecule has 0 aliphatic carbocycles. The fourth-order valence-electron chi connectivity index (χ4n) is 3.75. The van der Waals surface area contributed by atoms with Gasteiger partial charge < -0.3 is 19.7 Å². The molecule has 1 aromatic carbocycles. The lowest BCUT2D eigenvalue weighted by Crippen LogP contribution is -2.45. The largest absolute Gasteiger partial charge is 0.497 e. The number of benzene rings is 1. The number of carbonyl (C=O) groups excluding carboxylic acids is 2. The third-order valence-corrected chi connectivity index (χ3v) is 6.29. The average molecular weight is 413 g/mol. The maximum atomic E-state index is 13.3. The number of hydrogen-bond donors (Lipinski definition) is 1. The number of hydrogen-bond acceptors (Lipinski definition) is 5. The molecule has 1 aromatic heterocycles. The van der Waals surface area contributed by atoms with E-state index in [1.54, 1.807) is 38.7 Å². The van der Waals surface area contributed by atoms with Crippen LogP contribution in [0.5, 0.6) is 11.5 Å². The number of methoxy groups -OCH3 is 2. The van der Waals surface area contributed by atoms with E-state index in [0.29, 0.717) is 30.2 Å². The fourth-order valence-corrected chi connectivity index (χ4v) is 4.45. The number of carbonyl (C=O) groups is 2. The number of urea groups is 1. The first-order chi connectivity index (χ1) is 14.0. The summed E-state index contributed by atoms with van der Waals surface area (Å²) in [6.45, 7) is 1.05. The van der Waals surface area contributed by atoms with Crippen molar-refractivity contribution in [1.82, 2.24) is 15.1 Å². The van der Waals surface area contributed by atoms with Gasteiger partial charge in [0.15, 0.2) is 0 Å². The number of thiophene rings is 1. The predicted molar refractivity (Wildman–Crippen MR) is 110 cm³/mol. The van der Waals surface area contributed by atoms with Gasteiger partial charge in [-0.15, -0.1) is 11.3 Å². The highest BCUT2D eigenvalue weighted by atomic mass is 32.1. The molecule has 1 N–H and O–H groups in total. The quantitative estimate of drug-likeness (QED) is 0.791. The average Bonchev–Trinajstić information content (AvgIpc) is 3.37. The van der Waals surface area contributed by atoms with Crippen molar-refractivity contribution in [3.63, 3.8) is 0 Å². The number of nitrogens with zero attached hydrogens (tertiary/aromatic N) is 2. The Hall–Kier alpha value is -3.00. The Bertz CT molecular complexity index is 948. The van der Waals surface area contributed by atoms with E-state index in [-0.39, 0.29) is 11.9 Å². The van der Waals surface area contributed by atoms with E-state index in [2.05, 4.69) is 11.4 Å². The Kier molecular flexibility index (Phi) is 5.19. The number of ether oxygens (including phenoxy) is 2. The van der Waals surface area contributed by atoms with Gasteiger partial charge in [0.2, 0.25) is 0 Å². The molecule has 0 radical (unpaired) electrons. The van der Waals surface area contributed by atoms with Crippen molar-refractivity contribution in [2.45, 2.75) is 12.5 Å². The van der Waals surface area contributed by atoms with Gasteiger partial charge in [0, 0.05) is 24.5 Å². The highest BCUT2D eigenvalue weighted by Crippen LogP contribution is 2.38. The van der Waals surface area contributed by atoms with E-state index in [9.17, 15) is 9.59 Å². The van der Waals surface area contributed by atoms with Crippen molar-refractivity contribution in [1.29, 1.82) is 0 Å². The van der Waals surface area contributed by atoms with Crippen LogP contribution >= 0.6 is 11.3 Å². The molecule has 2 aromatic rings. The van der Waals surface area contributed by atoms with Crippen LogP contribution in [0.4, 0.5) is 4.79 Å². The molecule has 4 rings (SSSR count). The summed E-state index contributed by atoms with van der Waals surface area (Å²) in [6.07, 6.45) is 0.798. The number of nitrogens with one attached hydrogen (secondary N) is 1. The molecule has 2 aliphatic rings. The normalized spacial score (nSPS) is 18.8. The van der Waals surface area contributed by atoms with Gasteiger partial charge in [-0.1, -0.05) is 6.07 Å². The maximum absolute atomic E-state index is 13.3. The van der Waals surface area contributed by atoms with Crippen molar-refractivity contribution >= 4 is 23.3 Å². The minimum atomic E-state index is -0.545. The molecule has 8 heteroatoms. The molecule has 0 saturated heterocycles. The molecule has 3 amide bonds. The van der Waals surface area contributed by atoms with Gasteiger partial charge in [0.25, 0.3) is 5.91 Å². The summed E-state index contributed by atoms with van der Waals surface area (Å²) in [6, 6.07) is 8.72. The van der Waals surface area contributed by atoms with E-state index in [0.717, 1.165) is 17.7 Å². The van der Waals surface area contributed by atoms with Crippen LogP contribution in [0.25, 0.3) is 0 Å². The summed E-state index contributed by atoms with van der Waals surface area (Å²) in [5, 5.41) is 4.98. The molecular formula is C21H23N3O4S. The van der Waals surface area contributed by atoms with Crippen LogP contribution in [0, 0.1) is 0 Å². The smallest absolute Gasteiger partial charge is 0.322 e. The fraction of sp³-hybridized carbons (Fsp3) is 0.333. The molecule has 1 atom stereocenters. The first kappa shape index (κ1) is 19.3. The lowest BCUT2D eigenvalue weighted by molar-refractivity contribution is -0.125. The molecule has 0 spiro atoms. The zero-order valence-corrected chi connectivity index (χ0v) is 17.4. The monoisotopic (exact) mass is 413 g/mol. The second kappa shape index (κ2) is 7.79. The zero-order chi connectivity index (χ0) is 20.5. The maximum Gasteiger partial charge on any atom is 0.322 e. The summed E-state index contributed by atoms with van der Waals surface area (Å²) in [5.74, 6) is 1.17. The van der Waals surface area contributed by atoms with Gasteiger partial charge in [-0.05, 0) is 35.6 Å². The second-order valence-corrected chi connectivity index (χ2v) is 8.04. The van der Waals surface area contributed by atoms with Gasteiger partial charge in [-0.3, -0.25) is 9.69 Å². The Balaban J connectivity index is 1.65. The molecule has 0 fully saturated rings. The van der Waals surface area contributed by atoms with Gasteiger partial charge in [0.05, 0.1) is 38.1 Å². The van der Waals surface area contributed by atoms with Crippen molar-refractivity contribution < 1.29 is 19.1 Å². The summed E-state index contributed by atoms with van der Waals surface area (Å²) >= 11 is 1.68. The molecule has 3 heterocycles. The van der Waals surface area contributed by atoms with E-state index in [1.165, 1.54) is 9.78 Å². The summed E-state index contributed by atoms with van der Waals surface area (Å²) < 4.78 is 10.7. The van der Waals surface area contributed by atoms with Crippen LogP contribution < -0.4 is 14.8 Å². The van der Waals surface area contributed by atoms with E-state index in [1.807, 2.05) is 28.5 Å². The van der Waals surface area contributed by atoms with Crippen molar-refractivity contribution in [2.24, 2.45) is 0 Å². The van der Waals surface area contributed by atoms with Crippen LogP contribution in [0.15, 0.2) is 47.0 Å². The molecule has 0 saturated carbocycles. The zero-order valence-electron chi connectivity index (χ0n) is 16.6. The first-order valence-electron chi connectivity index (χ1n) is 9.33. The van der Waals surface area contributed by atoms with E-state index < -0.39 is 6.04 Å². The molecule has 152 valence electrons.